The summed E-state index contributed by atoms with van der Waals surface area (Å²) in [6, 6.07) is 2.16. The molecule has 2 amide bonds. The van der Waals surface area contributed by atoms with E-state index in [9.17, 15) is 9.59 Å². The second-order valence-electron chi connectivity index (χ2n) is 6.03. The Bertz CT molecular complexity index is 571. The average molecular weight is 287 g/mol. The van der Waals surface area contributed by atoms with E-state index < -0.39 is 0 Å². The summed E-state index contributed by atoms with van der Waals surface area (Å²) in [5, 5.41) is 2.98. The number of nitrogens with zero attached hydrogens (tertiary/aromatic N) is 2. The van der Waals surface area contributed by atoms with Crippen LogP contribution in [0.2, 0.25) is 0 Å². The first-order valence-corrected chi connectivity index (χ1v) is 7.62. The van der Waals surface area contributed by atoms with Gasteiger partial charge >= 0.3 is 0 Å². The number of amides is 2. The van der Waals surface area contributed by atoms with Crippen LogP contribution in [0.1, 0.15) is 36.1 Å². The number of likely N-dealkylation sites (tertiary alicyclic amines) is 1. The minimum atomic E-state index is -0.0879. The second-order valence-corrected chi connectivity index (χ2v) is 6.03. The molecule has 3 rings (SSSR count). The predicted molar refractivity (Wildman–Crippen MR) is 78.5 cm³/mol. The summed E-state index contributed by atoms with van der Waals surface area (Å²) < 4.78 is 0. The minimum absolute atomic E-state index is 0.0369. The number of rotatable bonds is 3. The largest absolute Gasteiger partial charge is 0.352 e. The van der Waals surface area contributed by atoms with Crippen molar-refractivity contribution in [2.45, 2.75) is 38.6 Å². The Morgan fingerprint density at radius 2 is 2.29 bits per heavy atom. The number of pyridine rings is 1. The SMILES string of the molecule is CN1C[C@H](C(=O)NCc2cnc3c(c2)CCC3)CCC1=O. The summed E-state index contributed by atoms with van der Waals surface area (Å²) in [4.78, 5) is 29.7. The van der Waals surface area contributed by atoms with Crippen LogP contribution >= 0.6 is 0 Å². The highest BCUT2D eigenvalue weighted by Crippen LogP contribution is 2.20. The molecule has 1 N–H and O–H groups in total. The van der Waals surface area contributed by atoms with Crippen LogP contribution in [0.15, 0.2) is 12.3 Å². The molecule has 1 aliphatic heterocycles. The fourth-order valence-corrected chi connectivity index (χ4v) is 3.13. The van der Waals surface area contributed by atoms with Crippen molar-refractivity contribution in [1.29, 1.82) is 0 Å². The molecule has 5 nitrogen and oxygen atoms in total. The highest BCUT2D eigenvalue weighted by atomic mass is 16.2. The number of aromatic nitrogens is 1. The van der Waals surface area contributed by atoms with Gasteiger partial charge in [-0.15, -0.1) is 0 Å². The number of piperidine rings is 1. The quantitative estimate of drug-likeness (QED) is 0.904. The highest BCUT2D eigenvalue weighted by molar-refractivity contribution is 5.83. The van der Waals surface area contributed by atoms with Crippen molar-refractivity contribution >= 4 is 11.8 Å². The molecule has 1 fully saturated rings. The Balaban J connectivity index is 1.55. The third-order valence-corrected chi connectivity index (χ3v) is 4.44. The van der Waals surface area contributed by atoms with Crippen LogP contribution < -0.4 is 5.32 Å². The van der Waals surface area contributed by atoms with Gasteiger partial charge in [-0.2, -0.15) is 0 Å². The zero-order chi connectivity index (χ0) is 14.8. The van der Waals surface area contributed by atoms with E-state index in [1.807, 2.05) is 6.20 Å². The fourth-order valence-electron chi connectivity index (χ4n) is 3.13. The van der Waals surface area contributed by atoms with Crippen molar-refractivity contribution < 1.29 is 9.59 Å². The van der Waals surface area contributed by atoms with E-state index in [1.54, 1.807) is 11.9 Å². The standard InChI is InChI=1S/C16H21N3O2/c1-19-10-13(5-6-15(19)20)16(21)18-9-11-7-12-3-2-4-14(12)17-8-11/h7-8,13H,2-6,9-10H2,1H3,(H,18,21)/t13-/m1/s1. The lowest BCUT2D eigenvalue weighted by atomic mass is 9.97. The van der Waals surface area contributed by atoms with Crippen LogP contribution in [-0.4, -0.2) is 35.3 Å². The Morgan fingerprint density at radius 3 is 3.10 bits per heavy atom. The van der Waals surface area contributed by atoms with E-state index in [2.05, 4.69) is 16.4 Å². The molecule has 1 aromatic heterocycles. The first-order valence-electron chi connectivity index (χ1n) is 7.62. The van der Waals surface area contributed by atoms with E-state index in [0.29, 0.717) is 25.9 Å². The van der Waals surface area contributed by atoms with E-state index in [0.717, 1.165) is 18.4 Å². The Labute approximate surface area is 124 Å². The van der Waals surface area contributed by atoms with Crippen molar-refractivity contribution in [3.63, 3.8) is 0 Å². The second kappa shape index (κ2) is 5.84. The van der Waals surface area contributed by atoms with Crippen molar-refractivity contribution in [3.05, 3.63) is 29.1 Å². The van der Waals surface area contributed by atoms with Gasteiger partial charge in [-0.05, 0) is 36.8 Å². The number of hydrogen-bond acceptors (Lipinski definition) is 3. The molecule has 112 valence electrons. The van der Waals surface area contributed by atoms with Crippen LogP contribution in [0.4, 0.5) is 0 Å². The van der Waals surface area contributed by atoms with Crippen LogP contribution in [0.5, 0.6) is 0 Å². The van der Waals surface area contributed by atoms with Crippen LogP contribution in [0, 0.1) is 5.92 Å². The lowest BCUT2D eigenvalue weighted by molar-refractivity contribution is -0.136. The van der Waals surface area contributed by atoms with Crippen molar-refractivity contribution in [1.82, 2.24) is 15.2 Å². The third kappa shape index (κ3) is 3.06. The van der Waals surface area contributed by atoms with Crippen LogP contribution in [0.3, 0.4) is 0 Å². The zero-order valence-electron chi connectivity index (χ0n) is 12.4. The van der Waals surface area contributed by atoms with E-state index in [-0.39, 0.29) is 17.7 Å². The lowest BCUT2D eigenvalue weighted by Gasteiger charge is -2.28. The molecule has 0 radical (unpaired) electrons. The highest BCUT2D eigenvalue weighted by Gasteiger charge is 2.27. The summed E-state index contributed by atoms with van der Waals surface area (Å²) in [7, 11) is 1.76. The normalized spacial score (nSPS) is 21.3. The van der Waals surface area contributed by atoms with Crippen LogP contribution in [0.25, 0.3) is 0 Å². The monoisotopic (exact) mass is 287 g/mol. The topological polar surface area (TPSA) is 62.3 Å². The van der Waals surface area contributed by atoms with Crippen molar-refractivity contribution in [2.24, 2.45) is 5.92 Å². The molecule has 0 saturated carbocycles. The molecule has 5 heteroatoms. The lowest BCUT2D eigenvalue weighted by Crippen LogP contribution is -2.43. The summed E-state index contributed by atoms with van der Waals surface area (Å²) >= 11 is 0. The maximum Gasteiger partial charge on any atom is 0.225 e. The summed E-state index contributed by atoms with van der Waals surface area (Å²) in [6.45, 7) is 1.04. The summed E-state index contributed by atoms with van der Waals surface area (Å²) in [5.74, 6) is 0.0757. The summed E-state index contributed by atoms with van der Waals surface area (Å²) in [5.41, 5.74) is 3.59. The molecule has 1 atom stereocenters. The first kappa shape index (κ1) is 14.0. The molecule has 1 aromatic rings. The molecule has 1 aliphatic carbocycles. The van der Waals surface area contributed by atoms with Gasteiger partial charge in [-0.1, -0.05) is 6.07 Å². The molecule has 2 heterocycles. The number of nitrogens with one attached hydrogen (secondary N) is 1. The Kier molecular flexibility index (Phi) is 3.90. The molecule has 21 heavy (non-hydrogen) atoms. The molecule has 0 spiro atoms. The Hall–Kier alpha value is -1.91. The van der Waals surface area contributed by atoms with Gasteiger partial charge in [0.2, 0.25) is 11.8 Å². The van der Waals surface area contributed by atoms with Gasteiger partial charge in [0.1, 0.15) is 0 Å². The molecular formula is C16H21N3O2. The fraction of sp³-hybridized carbons (Fsp3) is 0.562. The minimum Gasteiger partial charge on any atom is -0.352 e. The number of hydrogen-bond donors (Lipinski definition) is 1. The Morgan fingerprint density at radius 1 is 1.43 bits per heavy atom. The molecular weight excluding hydrogens is 266 g/mol. The maximum absolute atomic E-state index is 12.2. The predicted octanol–water partition coefficient (Wildman–Crippen LogP) is 1.05. The van der Waals surface area contributed by atoms with E-state index in [1.165, 1.54) is 17.7 Å². The van der Waals surface area contributed by atoms with Gasteiger partial charge in [-0.3, -0.25) is 14.6 Å². The molecule has 2 aliphatic rings. The molecule has 0 bridgehead atoms. The van der Waals surface area contributed by atoms with Gasteiger partial charge in [0.25, 0.3) is 0 Å². The number of fused-ring (bicyclic) bond motifs is 1. The number of carbonyl (C=O) groups excluding carboxylic acids is 2. The zero-order valence-corrected chi connectivity index (χ0v) is 12.4. The van der Waals surface area contributed by atoms with Gasteiger partial charge in [-0.25, -0.2) is 0 Å². The molecule has 1 saturated heterocycles. The van der Waals surface area contributed by atoms with E-state index >= 15 is 0 Å². The van der Waals surface area contributed by atoms with Gasteiger partial charge < -0.3 is 10.2 Å². The van der Waals surface area contributed by atoms with Gasteiger partial charge in [0, 0.05) is 38.4 Å². The average Bonchev–Trinajstić information content (AvgIpc) is 2.95. The molecule has 0 unspecified atom stereocenters. The molecule has 0 aromatic carbocycles. The first-order chi connectivity index (χ1) is 10.1. The number of aryl methyl sites for hydroxylation is 2. The van der Waals surface area contributed by atoms with Gasteiger partial charge in [0.05, 0.1) is 5.92 Å². The smallest absolute Gasteiger partial charge is 0.225 e. The maximum atomic E-state index is 12.2. The van der Waals surface area contributed by atoms with E-state index in [4.69, 9.17) is 0 Å². The van der Waals surface area contributed by atoms with Crippen molar-refractivity contribution in [2.75, 3.05) is 13.6 Å². The third-order valence-electron chi connectivity index (χ3n) is 4.44. The number of carbonyl (C=O) groups is 2. The van der Waals surface area contributed by atoms with Gasteiger partial charge in [0.15, 0.2) is 0 Å². The van der Waals surface area contributed by atoms with Crippen molar-refractivity contribution in [3.8, 4) is 0 Å². The van der Waals surface area contributed by atoms with Crippen LogP contribution in [-0.2, 0) is 29.0 Å². The summed E-state index contributed by atoms with van der Waals surface area (Å²) in [6.07, 6.45) is 6.33.